The van der Waals surface area contributed by atoms with Crippen LogP contribution in [0, 0.1) is 0 Å². The number of hydrogen-bond donors (Lipinski definition) is 0. The standard InChI is InChI=1S/C17H18F3N3O3S/c18-17(19,20)15-8-9-21-16(22-15)26-14-7-4-10-23(11-14)27(24,25)12-13-5-2-1-3-6-13/h1-3,5-6,8-9,14H,4,7,10-12H2. The van der Waals surface area contributed by atoms with E-state index in [4.69, 9.17) is 4.74 Å². The molecule has 6 nitrogen and oxygen atoms in total. The average Bonchev–Trinajstić information content (AvgIpc) is 2.62. The summed E-state index contributed by atoms with van der Waals surface area (Å²) in [6.45, 7) is 0.396. The lowest BCUT2D eigenvalue weighted by Gasteiger charge is -2.31. The molecule has 1 aliphatic rings. The summed E-state index contributed by atoms with van der Waals surface area (Å²) < 4.78 is 70.2. The van der Waals surface area contributed by atoms with Crippen LogP contribution in [0.2, 0.25) is 0 Å². The summed E-state index contributed by atoms with van der Waals surface area (Å²) in [4.78, 5) is 7.07. The first kappa shape index (κ1) is 19.6. The van der Waals surface area contributed by atoms with Gasteiger partial charge in [0.1, 0.15) is 6.10 Å². The molecular formula is C17H18F3N3O3S. The second-order valence-electron chi connectivity index (χ2n) is 6.20. The van der Waals surface area contributed by atoms with E-state index in [1.807, 2.05) is 0 Å². The molecule has 2 heterocycles. The molecule has 1 saturated heterocycles. The molecule has 0 bridgehead atoms. The SMILES string of the molecule is O=S(=O)(Cc1ccccc1)N1CCCC(Oc2nccc(C(F)(F)F)n2)C1. The van der Waals surface area contributed by atoms with Crippen LogP contribution in [0.1, 0.15) is 24.1 Å². The number of alkyl halides is 3. The predicted octanol–water partition coefficient (Wildman–Crippen LogP) is 2.87. The topological polar surface area (TPSA) is 72.4 Å². The zero-order valence-corrected chi connectivity index (χ0v) is 15.1. The van der Waals surface area contributed by atoms with Gasteiger partial charge in [-0.1, -0.05) is 30.3 Å². The highest BCUT2D eigenvalue weighted by Crippen LogP contribution is 2.28. The van der Waals surface area contributed by atoms with Crippen molar-refractivity contribution >= 4 is 10.0 Å². The maximum atomic E-state index is 12.7. The van der Waals surface area contributed by atoms with Crippen molar-refractivity contribution in [3.8, 4) is 6.01 Å². The number of rotatable bonds is 5. The van der Waals surface area contributed by atoms with E-state index in [0.29, 0.717) is 24.9 Å². The Balaban J connectivity index is 1.67. The van der Waals surface area contributed by atoms with Crippen LogP contribution in [0.4, 0.5) is 13.2 Å². The molecule has 0 aliphatic carbocycles. The van der Waals surface area contributed by atoms with Gasteiger partial charge < -0.3 is 4.74 Å². The molecule has 2 aromatic rings. The molecule has 146 valence electrons. The van der Waals surface area contributed by atoms with E-state index in [-0.39, 0.29) is 12.3 Å². The fraction of sp³-hybridized carbons (Fsp3) is 0.412. The number of aromatic nitrogens is 2. The van der Waals surface area contributed by atoms with Crippen molar-refractivity contribution in [2.45, 2.75) is 30.9 Å². The Labute approximate surface area is 155 Å². The minimum atomic E-state index is -4.60. The van der Waals surface area contributed by atoms with Crippen LogP contribution in [0.25, 0.3) is 0 Å². The summed E-state index contributed by atoms with van der Waals surface area (Å²) in [5.74, 6) is -0.138. The molecule has 0 radical (unpaired) electrons. The predicted molar refractivity (Wildman–Crippen MR) is 91.3 cm³/mol. The van der Waals surface area contributed by atoms with Crippen LogP contribution in [-0.4, -0.2) is 41.9 Å². The molecule has 0 amide bonds. The molecule has 1 aliphatic heterocycles. The van der Waals surface area contributed by atoms with Gasteiger partial charge in [-0.3, -0.25) is 0 Å². The second-order valence-corrected chi connectivity index (χ2v) is 8.17. The lowest BCUT2D eigenvalue weighted by Crippen LogP contribution is -2.44. The zero-order valence-electron chi connectivity index (χ0n) is 14.3. The van der Waals surface area contributed by atoms with E-state index < -0.39 is 34.0 Å². The number of hydrogen-bond acceptors (Lipinski definition) is 5. The van der Waals surface area contributed by atoms with Crippen LogP contribution in [0.5, 0.6) is 6.01 Å². The van der Waals surface area contributed by atoms with Crippen molar-refractivity contribution in [2.24, 2.45) is 0 Å². The van der Waals surface area contributed by atoms with Gasteiger partial charge in [-0.15, -0.1) is 0 Å². The maximum absolute atomic E-state index is 12.7. The van der Waals surface area contributed by atoms with Crippen LogP contribution in [0.15, 0.2) is 42.6 Å². The summed E-state index contributed by atoms with van der Waals surface area (Å²) in [6, 6.07) is 9.13. The zero-order chi connectivity index (χ0) is 19.5. The van der Waals surface area contributed by atoms with E-state index in [1.54, 1.807) is 30.3 Å². The van der Waals surface area contributed by atoms with E-state index in [1.165, 1.54) is 4.31 Å². The number of nitrogens with zero attached hydrogens (tertiary/aromatic N) is 3. The molecule has 1 atom stereocenters. The molecule has 0 spiro atoms. The van der Waals surface area contributed by atoms with Gasteiger partial charge in [0.2, 0.25) is 10.0 Å². The van der Waals surface area contributed by atoms with E-state index in [2.05, 4.69) is 9.97 Å². The minimum Gasteiger partial charge on any atom is -0.459 e. The third-order valence-electron chi connectivity index (χ3n) is 4.12. The van der Waals surface area contributed by atoms with Crippen molar-refractivity contribution in [3.05, 3.63) is 53.9 Å². The van der Waals surface area contributed by atoms with Gasteiger partial charge >= 0.3 is 12.2 Å². The highest BCUT2D eigenvalue weighted by Gasteiger charge is 2.34. The van der Waals surface area contributed by atoms with Crippen LogP contribution in [0.3, 0.4) is 0 Å². The van der Waals surface area contributed by atoms with E-state index in [9.17, 15) is 21.6 Å². The Bertz CT molecular complexity index is 876. The lowest BCUT2D eigenvalue weighted by molar-refractivity contribution is -0.141. The summed E-state index contributed by atoms with van der Waals surface area (Å²) in [5, 5.41) is 0. The van der Waals surface area contributed by atoms with Gasteiger partial charge in [0, 0.05) is 12.7 Å². The Morgan fingerprint density at radius 3 is 2.63 bits per heavy atom. The highest BCUT2D eigenvalue weighted by atomic mass is 32.2. The van der Waals surface area contributed by atoms with Gasteiger partial charge in [0.05, 0.1) is 12.3 Å². The molecule has 10 heteroatoms. The summed E-state index contributed by atoms with van der Waals surface area (Å²) in [7, 11) is -3.56. The average molecular weight is 401 g/mol. The summed E-state index contributed by atoms with van der Waals surface area (Å²) >= 11 is 0. The first-order valence-corrected chi connectivity index (χ1v) is 9.93. The number of halogens is 3. The number of benzene rings is 1. The van der Waals surface area contributed by atoms with Crippen molar-refractivity contribution in [2.75, 3.05) is 13.1 Å². The quantitative estimate of drug-likeness (QED) is 0.770. The molecule has 1 unspecified atom stereocenters. The summed E-state index contributed by atoms with van der Waals surface area (Å²) in [5.41, 5.74) is -0.432. The number of sulfonamides is 1. The van der Waals surface area contributed by atoms with Gasteiger partial charge in [-0.05, 0) is 24.5 Å². The molecular weight excluding hydrogens is 383 g/mol. The van der Waals surface area contributed by atoms with E-state index >= 15 is 0 Å². The van der Waals surface area contributed by atoms with Crippen molar-refractivity contribution in [1.82, 2.24) is 14.3 Å². The number of piperidine rings is 1. The molecule has 0 saturated carbocycles. The lowest BCUT2D eigenvalue weighted by atomic mass is 10.1. The Morgan fingerprint density at radius 1 is 1.19 bits per heavy atom. The van der Waals surface area contributed by atoms with Crippen molar-refractivity contribution in [3.63, 3.8) is 0 Å². The number of ether oxygens (including phenoxy) is 1. The largest absolute Gasteiger partial charge is 0.459 e. The van der Waals surface area contributed by atoms with Crippen LogP contribution in [-0.2, 0) is 22.0 Å². The Hall–Kier alpha value is -2.20. The first-order valence-electron chi connectivity index (χ1n) is 8.33. The minimum absolute atomic E-state index is 0.0504. The fourth-order valence-electron chi connectivity index (χ4n) is 2.83. The van der Waals surface area contributed by atoms with Gasteiger partial charge in [-0.25, -0.2) is 13.4 Å². The molecule has 1 fully saturated rings. The maximum Gasteiger partial charge on any atom is 0.433 e. The normalized spacial score (nSPS) is 19.0. The van der Waals surface area contributed by atoms with Gasteiger partial charge in [0.25, 0.3) is 0 Å². The molecule has 0 N–H and O–H groups in total. The van der Waals surface area contributed by atoms with Crippen molar-refractivity contribution < 1.29 is 26.3 Å². The van der Waals surface area contributed by atoms with Crippen molar-refractivity contribution in [1.29, 1.82) is 0 Å². The third-order valence-corrected chi connectivity index (χ3v) is 5.94. The highest BCUT2D eigenvalue weighted by molar-refractivity contribution is 7.88. The summed E-state index contributed by atoms with van der Waals surface area (Å²) in [6.07, 6.45) is -3.18. The monoisotopic (exact) mass is 401 g/mol. The van der Waals surface area contributed by atoms with Gasteiger partial charge in [-0.2, -0.15) is 22.5 Å². The van der Waals surface area contributed by atoms with Crippen LogP contribution >= 0.6 is 0 Å². The third kappa shape index (κ3) is 5.16. The molecule has 27 heavy (non-hydrogen) atoms. The van der Waals surface area contributed by atoms with Gasteiger partial charge in [0.15, 0.2) is 5.69 Å². The smallest absolute Gasteiger partial charge is 0.433 e. The van der Waals surface area contributed by atoms with Crippen LogP contribution < -0.4 is 4.74 Å². The first-order chi connectivity index (χ1) is 12.7. The molecule has 1 aromatic heterocycles. The molecule has 3 rings (SSSR count). The fourth-order valence-corrected chi connectivity index (χ4v) is 4.43. The second kappa shape index (κ2) is 7.81. The Morgan fingerprint density at radius 2 is 1.93 bits per heavy atom. The molecule has 1 aromatic carbocycles. The Kier molecular flexibility index (Phi) is 5.66. The van der Waals surface area contributed by atoms with E-state index in [0.717, 1.165) is 12.3 Å².